The summed E-state index contributed by atoms with van der Waals surface area (Å²) in [6.45, 7) is 4.02. The third-order valence-electron chi connectivity index (χ3n) is 7.77. The molecule has 6 heterocycles. The third-order valence-corrected chi connectivity index (χ3v) is 10.1. The van der Waals surface area contributed by atoms with Gasteiger partial charge in [0.1, 0.15) is 32.0 Å². The molecule has 2 aromatic carbocycles. The number of pyridine rings is 2. The van der Waals surface area contributed by atoms with Gasteiger partial charge in [-0.15, -0.1) is 22.7 Å². The highest BCUT2D eigenvalue weighted by molar-refractivity contribution is 7.19. The molecule has 0 spiro atoms. The maximum absolute atomic E-state index is 13.9. The van der Waals surface area contributed by atoms with Crippen LogP contribution in [0.15, 0.2) is 46.0 Å². The maximum atomic E-state index is 13.9. The van der Waals surface area contributed by atoms with Gasteiger partial charge in [-0.3, -0.25) is 19.2 Å². The van der Waals surface area contributed by atoms with Crippen LogP contribution in [-0.4, -0.2) is 43.7 Å². The zero-order chi connectivity index (χ0) is 28.9. The first-order valence-electron chi connectivity index (χ1n) is 13.5. The molecule has 12 heteroatoms. The molecule has 0 aliphatic rings. The van der Waals surface area contributed by atoms with Crippen LogP contribution in [0.3, 0.4) is 0 Å². The Kier molecular flexibility index (Phi) is 5.32. The summed E-state index contributed by atoms with van der Waals surface area (Å²) in [6, 6.07) is 11.4. The number of benzene rings is 2. The van der Waals surface area contributed by atoms with E-state index in [1.165, 1.54) is 36.5 Å². The number of hydrogen-bond acceptors (Lipinski definition) is 8. The van der Waals surface area contributed by atoms with Crippen LogP contribution in [0.1, 0.15) is 23.6 Å². The number of nitrogens with one attached hydrogen (secondary N) is 2. The van der Waals surface area contributed by atoms with Crippen molar-refractivity contribution in [1.82, 2.24) is 29.4 Å². The highest BCUT2D eigenvalue weighted by Crippen LogP contribution is 2.38. The van der Waals surface area contributed by atoms with Crippen molar-refractivity contribution < 1.29 is 9.59 Å². The monoisotopic (exact) mass is 594 g/mol. The van der Waals surface area contributed by atoms with Gasteiger partial charge in [-0.25, -0.2) is 18.8 Å². The second-order valence-corrected chi connectivity index (χ2v) is 12.7. The molecule has 8 aromatic rings. The first-order valence-corrected chi connectivity index (χ1v) is 15.1. The molecule has 0 fully saturated rings. The molecule has 0 aliphatic carbocycles. The minimum Gasteiger partial charge on any atom is -0.356 e. The largest absolute Gasteiger partial charge is 0.356 e. The number of aromatic nitrogens is 4. The number of rotatable bonds is 6. The van der Waals surface area contributed by atoms with E-state index < -0.39 is 0 Å². The number of fused-ring (bicyclic) bond motifs is 8. The molecule has 0 radical (unpaired) electrons. The predicted octanol–water partition coefficient (Wildman–Crippen LogP) is 3.82. The average Bonchev–Trinajstić information content (AvgIpc) is 3.69. The first kappa shape index (κ1) is 25.1. The summed E-state index contributed by atoms with van der Waals surface area (Å²) in [5.74, 6) is -0.155. The molecule has 0 bridgehead atoms. The minimum absolute atomic E-state index is 0.0774. The number of carbonyl (C=O) groups excluding carboxylic acids is 2. The topological polar surface area (TPSA) is 127 Å². The first-order chi connectivity index (χ1) is 20.3. The Balaban J connectivity index is 1.34. The van der Waals surface area contributed by atoms with Gasteiger partial charge < -0.3 is 10.6 Å². The Morgan fingerprint density at radius 1 is 0.690 bits per heavy atom. The van der Waals surface area contributed by atoms with E-state index in [1.807, 2.05) is 36.4 Å². The summed E-state index contributed by atoms with van der Waals surface area (Å²) in [4.78, 5) is 63.7. The van der Waals surface area contributed by atoms with Crippen LogP contribution in [0, 0.1) is 0 Å². The number of thiophene rings is 2. The lowest BCUT2D eigenvalue weighted by molar-refractivity contribution is -0.119. The van der Waals surface area contributed by atoms with Gasteiger partial charge in [0.2, 0.25) is 11.8 Å². The lowest BCUT2D eigenvalue weighted by Gasteiger charge is -2.11. The molecule has 0 saturated carbocycles. The van der Waals surface area contributed by atoms with E-state index in [0.717, 1.165) is 52.0 Å². The standard InChI is InChI=1S/C30H22N6O4S2/c1-13(37)31-9-7-15-11-21-29(41-15)35-25(33-21)17-3-6-20-24-18(4-5-19(23(17)24)27(35)39)26-34-22-12-16(8-10-32-14(2)38)42-30(22)36(26)28(20)40/h3-6,11-12H,7-10H2,1-2H3,(H,31,37)(H,32,38). The van der Waals surface area contributed by atoms with Crippen LogP contribution in [0.4, 0.5) is 0 Å². The van der Waals surface area contributed by atoms with Gasteiger partial charge in [0.25, 0.3) is 11.1 Å². The van der Waals surface area contributed by atoms with Crippen LogP contribution < -0.4 is 21.8 Å². The maximum Gasteiger partial charge on any atom is 0.265 e. The molecular weight excluding hydrogens is 573 g/mol. The molecular formula is C30H22N6O4S2. The third kappa shape index (κ3) is 3.48. The average molecular weight is 595 g/mol. The molecule has 10 nitrogen and oxygen atoms in total. The number of hydrogen-bond donors (Lipinski definition) is 2. The van der Waals surface area contributed by atoms with Crippen molar-refractivity contribution >= 4 is 98.8 Å². The van der Waals surface area contributed by atoms with Crippen molar-refractivity contribution in [2.24, 2.45) is 0 Å². The van der Waals surface area contributed by atoms with Crippen molar-refractivity contribution in [3.05, 3.63) is 66.9 Å². The Morgan fingerprint density at radius 3 is 1.50 bits per heavy atom. The van der Waals surface area contributed by atoms with E-state index >= 15 is 0 Å². The minimum atomic E-state index is -0.176. The van der Waals surface area contributed by atoms with Gasteiger partial charge in [0.05, 0.1) is 0 Å². The number of nitrogens with zero attached hydrogens (tertiary/aromatic N) is 4. The van der Waals surface area contributed by atoms with Crippen LogP contribution in [-0.2, 0) is 22.4 Å². The second-order valence-electron chi connectivity index (χ2n) is 10.5. The molecule has 0 atom stereocenters. The predicted molar refractivity (Wildman–Crippen MR) is 167 cm³/mol. The van der Waals surface area contributed by atoms with E-state index in [4.69, 9.17) is 9.97 Å². The van der Waals surface area contributed by atoms with Crippen LogP contribution in [0.2, 0.25) is 0 Å². The van der Waals surface area contributed by atoms with Crippen molar-refractivity contribution in [2.45, 2.75) is 26.7 Å². The Hall–Kier alpha value is -4.68. The fourth-order valence-electron chi connectivity index (χ4n) is 6.02. The summed E-state index contributed by atoms with van der Waals surface area (Å²) < 4.78 is 3.34. The van der Waals surface area contributed by atoms with Crippen molar-refractivity contribution in [3.8, 4) is 0 Å². The second kappa shape index (κ2) is 8.91. The molecule has 0 aliphatic heterocycles. The molecule has 2 amide bonds. The molecule has 42 heavy (non-hydrogen) atoms. The molecule has 0 unspecified atom stereocenters. The molecule has 0 saturated heterocycles. The Morgan fingerprint density at radius 2 is 1.10 bits per heavy atom. The highest BCUT2D eigenvalue weighted by atomic mass is 32.1. The van der Waals surface area contributed by atoms with Gasteiger partial charge in [0, 0.05) is 69.0 Å². The van der Waals surface area contributed by atoms with Gasteiger partial charge in [-0.2, -0.15) is 0 Å². The van der Waals surface area contributed by atoms with Crippen LogP contribution in [0.25, 0.3) is 64.3 Å². The number of carbonyl (C=O) groups is 2. The fraction of sp³-hybridized carbons (Fsp3) is 0.200. The fourth-order valence-corrected chi connectivity index (χ4v) is 8.20. The Labute approximate surface area is 243 Å². The van der Waals surface area contributed by atoms with Crippen LogP contribution >= 0.6 is 22.7 Å². The van der Waals surface area contributed by atoms with E-state index in [9.17, 15) is 19.2 Å². The van der Waals surface area contributed by atoms with Crippen molar-refractivity contribution in [2.75, 3.05) is 13.1 Å². The van der Waals surface area contributed by atoms with E-state index in [-0.39, 0.29) is 22.9 Å². The van der Waals surface area contributed by atoms with Gasteiger partial charge in [-0.05, 0) is 49.2 Å². The molecule has 8 rings (SSSR count). The quantitative estimate of drug-likeness (QED) is 0.282. The number of amides is 2. The lowest BCUT2D eigenvalue weighted by Crippen LogP contribution is -2.22. The highest BCUT2D eigenvalue weighted by Gasteiger charge is 2.23. The number of imidazole rings is 2. The normalized spacial score (nSPS) is 12.3. The Bertz CT molecular complexity index is 2360. The summed E-state index contributed by atoms with van der Waals surface area (Å²) >= 11 is 3.01. The van der Waals surface area contributed by atoms with Crippen molar-refractivity contribution in [3.63, 3.8) is 0 Å². The molecule has 208 valence electrons. The molecule has 2 N–H and O–H groups in total. The summed E-state index contributed by atoms with van der Waals surface area (Å²) in [5.41, 5.74) is 2.25. The lowest BCUT2D eigenvalue weighted by atomic mass is 9.96. The molecule has 6 aromatic heterocycles. The van der Waals surface area contributed by atoms with E-state index in [0.29, 0.717) is 48.0 Å². The van der Waals surface area contributed by atoms with Gasteiger partial charge in [-0.1, -0.05) is 0 Å². The van der Waals surface area contributed by atoms with E-state index in [1.54, 1.807) is 8.80 Å². The SMILES string of the molecule is CC(=O)NCCc1cc2nc3c4ccc5c(=O)n6c(nc7cc(CCNC(C)=O)sc76)c6ccc(c(=O)n3c2s1)c4c56. The zero-order valence-electron chi connectivity index (χ0n) is 22.5. The van der Waals surface area contributed by atoms with Crippen molar-refractivity contribution in [1.29, 1.82) is 0 Å². The van der Waals surface area contributed by atoms with Crippen LogP contribution in [0.5, 0.6) is 0 Å². The summed E-state index contributed by atoms with van der Waals surface area (Å²) in [7, 11) is 0. The van der Waals surface area contributed by atoms with E-state index in [2.05, 4.69) is 10.6 Å². The van der Waals surface area contributed by atoms with Gasteiger partial charge in [0.15, 0.2) is 0 Å². The zero-order valence-corrected chi connectivity index (χ0v) is 24.2. The smallest absolute Gasteiger partial charge is 0.265 e. The van der Waals surface area contributed by atoms with Gasteiger partial charge >= 0.3 is 0 Å². The summed E-state index contributed by atoms with van der Waals surface area (Å²) in [5, 5.41) is 9.75. The summed E-state index contributed by atoms with van der Waals surface area (Å²) in [6.07, 6.45) is 1.32.